The maximum atomic E-state index is 13.5. The summed E-state index contributed by atoms with van der Waals surface area (Å²) in [6.45, 7) is 7.36. The first-order valence-corrected chi connectivity index (χ1v) is 15.1. The Balaban J connectivity index is 1.41. The minimum Gasteiger partial charge on any atom is -0.507 e. The molecule has 1 unspecified atom stereocenters. The zero-order valence-corrected chi connectivity index (χ0v) is 24.7. The number of hydrogen-bond acceptors (Lipinski definition) is 7. The number of benzene rings is 3. The average Bonchev–Trinajstić information content (AvgIpc) is 3.30. The van der Waals surface area contributed by atoms with Crippen LogP contribution in [0, 0.1) is 0 Å². The van der Waals surface area contributed by atoms with Crippen molar-refractivity contribution in [3.05, 3.63) is 101 Å². The van der Waals surface area contributed by atoms with E-state index in [-0.39, 0.29) is 11.3 Å². The van der Waals surface area contributed by atoms with Gasteiger partial charge in [-0.3, -0.25) is 14.5 Å². The first kappa shape index (κ1) is 30.3. The number of Topliss-reactive ketones (excluding diaryl/α,β-unsaturated/α-hetero) is 1. The fourth-order valence-electron chi connectivity index (χ4n) is 5.46. The number of nitrogens with zero attached hydrogens (tertiary/aromatic N) is 2. The highest BCUT2D eigenvalue weighted by atomic mass is 16.5. The van der Waals surface area contributed by atoms with Crippen LogP contribution < -0.4 is 9.47 Å². The summed E-state index contributed by atoms with van der Waals surface area (Å²) in [6.07, 6.45) is 2.62. The number of amides is 1. The van der Waals surface area contributed by atoms with Gasteiger partial charge in [0, 0.05) is 31.7 Å². The minimum atomic E-state index is -0.725. The van der Waals surface area contributed by atoms with Gasteiger partial charge in [-0.15, -0.1) is 0 Å². The first-order chi connectivity index (χ1) is 21.0. The van der Waals surface area contributed by atoms with Crippen LogP contribution in [0.1, 0.15) is 48.9 Å². The SMILES string of the molecule is CCCCOc1cccc(C(O)=C2C(=O)C(=O)N(CCCN3CCOCC3)C2c2ccc(OCc3ccccc3)cc2)c1. The Bertz CT molecular complexity index is 1400. The molecule has 0 aromatic heterocycles. The molecule has 2 aliphatic rings. The van der Waals surface area contributed by atoms with Gasteiger partial charge in [0.1, 0.15) is 23.9 Å². The van der Waals surface area contributed by atoms with Gasteiger partial charge in [-0.05, 0) is 48.2 Å². The number of rotatable bonds is 13. The number of aliphatic hydroxyl groups excluding tert-OH is 1. The molecule has 226 valence electrons. The Morgan fingerprint density at radius 3 is 2.40 bits per heavy atom. The smallest absolute Gasteiger partial charge is 0.295 e. The topological polar surface area (TPSA) is 88.5 Å². The van der Waals surface area contributed by atoms with Crippen LogP contribution in [0.2, 0.25) is 0 Å². The second kappa shape index (κ2) is 14.8. The van der Waals surface area contributed by atoms with Crippen LogP contribution in [-0.4, -0.2) is 72.6 Å². The summed E-state index contributed by atoms with van der Waals surface area (Å²) in [5.74, 6) is -0.212. The van der Waals surface area contributed by atoms with Crippen molar-refractivity contribution in [2.75, 3.05) is 46.0 Å². The van der Waals surface area contributed by atoms with Gasteiger partial charge < -0.3 is 24.2 Å². The number of carbonyl (C=O) groups is 2. The molecule has 3 aromatic rings. The molecule has 2 heterocycles. The number of hydrogen-bond donors (Lipinski definition) is 1. The number of aliphatic hydroxyl groups is 1. The molecule has 0 aliphatic carbocycles. The molecule has 0 bridgehead atoms. The molecular formula is C35H40N2O6. The fourth-order valence-corrected chi connectivity index (χ4v) is 5.46. The van der Waals surface area contributed by atoms with Crippen molar-refractivity contribution in [2.45, 2.75) is 38.8 Å². The van der Waals surface area contributed by atoms with E-state index < -0.39 is 17.7 Å². The molecule has 8 heteroatoms. The second-order valence-corrected chi connectivity index (χ2v) is 10.9. The van der Waals surface area contributed by atoms with E-state index in [1.807, 2.05) is 60.7 Å². The van der Waals surface area contributed by atoms with Crippen LogP contribution in [-0.2, 0) is 20.9 Å². The molecule has 0 spiro atoms. The van der Waals surface area contributed by atoms with Gasteiger partial charge in [-0.1, -0.05) is 67.9 Å². The van der Waals surface area contributed by atoms with Gasteiger partial charge in [-0.25, -0.2) is 0 Å². The van der Waals surface area contributed by atoms with E-state index in [9.17, 15) is 14.7 Å². The van der Waals surface area contributed by atoms with Crippen LogP contribution >= 0.6 is 0 Å². The van der Waals surface area contributed by atoms with Crippen molar-refractivity contribution in [1.82, 2.24) is 9.80 Å². The number of carbonyl (C=O) groups excluding carboxylic acids is 2. The molecule has 2 aliphatic heterocycles. The molecule has 2 fully saturated rings. The molecule has 0 saturated carbocycles. The maximum absolute atomic E-state index is 13.5. The van der Waals surface area contributed by atoms with Gasteiger partial charge >= 0.3 is 0 Å². The lowest BCUT2D eigenvalue weighted by Crippen LogP contribution is -2.38. The van der Waals surface area contributed by atoms with E-state index in [0.717, 1.165) is 43.6 Å². The van der Waals surface area contributed by atoms with Gasteiger partial charge in [0.25, 0.3) is 11.7 Å². The van der Waals surface area contributed by atoms with Crippen LogP contribution in [0.3, 0.4) is 0 Å². The molecular weight excluding hydrogens is 544 g/mol. The van der Waals surface area contributed by atoms with Gasteiger partial charge in [-0.2, -0.15) is 0 Å². The third-order valence-corrected chi connectivity index (χ3v) is 7.84. The summed E-state index contributed by atoms with van der Waals surface area (Å²) in [5, 5.41) is 11.5. The van der Waals surface area contributed by atoms with Gasteiger partial charge in [0.2, 0.25) is 0 Å². The number of unbranched alkanes of at least 4 members (excludes halogenated alkanes) is 1. The monoisotopic (exact) mass is 584 g/mol. The molecule has 1 atom stereocenters. The zero-order valence-electron chi connectivity index (χ0n) is 24.7. The number of ether oxygens (including phenoxy) is 3. The normalized spacial score (nSPS) is 18.6. The number of ketones is 1. The fraction of sp³-hybridized carbons (Fsp3) is 0.371. The van der Waals surface area contributed by atoms with Crippen molar-refractivity contribution >= 4 is 17.4 Å². The largest absolute Gasteiger partial charge is 0.507 e. The van der Waals surface area contributed by atoms with Crippen LogP contribution in [0.15, 0.2) is 84.4 Å². The van der Waals surface area contributed by atoms with Crippen LogP contribution in [0.25, 0.3) is 5.76 Å². The van der Waals surface area contributed by atoms with Crippen LogP contribution in [0.4, 0.5) is 0 Å². The summed E-state index contributed by atoms with van der Waals surface area (Å²) in [5.41, 5.74) is 2.31. The third kappa shape index (κ3) is 7.63. The summed E-state index contributed by atoms with van der Waals surface area (Å²) >= 11 is 0. The molecule has 8 nitrogen and oxygen atoms in total. The van der Waals surface area contributed by atoms with E-state index in [0.29, 0.717) is 56.5 Å². The third-order valence-electron chi connectivity index (χ3n) is 7.84. The van der Waals surface area contributed by atoms with Crippen molar-refractivity contribution in [3.63, 3.8) is 0 Å². The molecule has 0 radical (unpaired) electrons. The highest BCUT2D eigenvalue weighted by Gasteiger charge is 2.45. The minimum absolute atomic E-state index is 0.0834. The lowest BCUT2D eigenvalue weighted by Gasteiger charge is -2.29. The summed E-state index contributed by atoms with van der Waals surface area (Å²) in [6, 6.07) is 23.6. The maximum Gasteiger partial charge on any atom is 0.295 e. The predicted molar refractivity (Wildman–Crippen MR) is 165 cm³/mol. The Kier molecular flexibility index (Phi) is 10.5. The Morgan fingerprint density at radius 2 is 1.65 bits per heavy atom. The Labute approximate surface area is 253 Å². The quantitative estimate of drug-likeness (QED) is 0.121. The molecule has 5 rings (SSSR count). The van der Waals surface area contributed by atoms with Gasteiger partial charge in [0.05, 0.1) is 31.4 Å². The lowest BCUT2D eigenvalue weighted by atomic mass is 9.95. The molecule has 1 N–H and O–H groups in total. The van der Waals surface area contributed by atoms with E-state index in [1.54, 1.807) is 23.1 Å². The van der Waals surface area contributed by atoms with E-state index in [1.165, 1.54) is 0 Å². The highest BCUT2D eigenvalue weighted by molar-refractivity contribution is 6.46. The predicted octanol–water partition coefficient (Wildman–Crippen LogP) is 5.59. The highest BCUT2D eigenvalue weighted by Crippen LogP contribution is 2.40. The Morgan fingerprint density at radius 1 is 0.884 bits per heavy atom. The van der Waals surface area contributed by atoms with Crippen molar-refractivity contribution in [2.24, 2.45) is 0 Å². The second-order valence-electron chi connectivity index (χ2n) is 10.9. The lowest BCUT2D eigenvalue weighted by molar-refractivity contribution is -0.140. The molecule has 3 aromatic carbocycles. The molecule has 43 heavy (non-hydrogen) atoms. The standard InChI is InChI=1S/C35H40N2O6/c1-2-3-21-42-30-12-7-11-28(24-30)33(38)31-32(27-13-15-29(16-14-27)43-25-26-9-5-4-6-10-26)37(35(40)34(31)39)18-8-17-36-19-22-41-23-20-36/h4-7,9-16,24,32,38H,2-3,8,17-23,25H2,1H3. The first-order valence-electron chi connectivity index (χ1n) is 15.1. The van der Waals surface area contributed by atoms with E-state index in [4.69, 9.17) is 14.2 Å². The van der Waals surface area contributed by atoms with Crippen molar-refractivity contribution < 1.29 is 28.9 Å². The Hall–Kier alpha value is -4.14. The van der Waals surface area contributed by atoms with E-state index in [2.05, 4.69) is 11.8 Å². The summed E-state index contributed by atoms with van der Waals surface area (Å²) < 4.78 is 17.3. The number of likely N-dealkylation sites (tertiary alicyclic amines) is 1. The van der Waals surface area contributed by atoms with Gasteiger partial charge in [0.15, 0.2) is 0 Å². The molecule has 1 amide bonds. The average molecular weight is 585 g/mol. The zero-order chi connectivity index (χ0) is 30.0. The summed E-state index contributed by atoms with van der Waals surface area (Å²) in [4.78, 5) is 30.8. The van der Waals surface area contributed by atoms with Crippen LogP contribution in [0.5, 0.6) is 11.5 Å². The van der Waals surface area contributed by atoms with Crippen molar-refractivity contribution in [1.29, 1.82) is 0 Å². The number of morpholine rings is 1. The molecule has 2 saturated heterocycles. The van der Waals surface area contributed by atoms with Crippen molar-refractivity contribution in [3.8, 4) is 11.5 Å². The summed E-state index contributed by atoms with van der Waals surface area (Å²) in [7, 11) is 0. The van der Waals surface area contributed by atoms with E-state index >= 15 is 0 Å².